The molecule has 0 radical (unpaired) electrons. The van der Waals surface area contributed by atoms with Crippen LogP contribution in [0.1, 0.15) is 11.3 Å². The number of rotatable bonds is 3. The van der Waals surface area contributed by atoms with Gasteiger partial charge in [0.15, 0.2) is 5.78 Å². The molecule has 2 aliphatic rings. The number of hydrogen-bond donors (Lipinski definition) is 1. The van der Waals surface area contributed by atoms with E-state index in [0.717, 1.165) is 22.8 Å². The molecular weight excluding hydrogens is 290 g/mol. The maximum Gasteiger partial charge on any atom is 0.197 e. The molecule has 0 saturated heterocycles. The van der Waals surface area contributed by atoms with Crippen LogP contribution in [-0.4, -0.2) is 22.9 Å². The number of hydrogen-bond acceptors (Lipinski definition) is 5. The third-order valence-electron chi connectivity index (χ3n) is 3.83. The van der Waals surface area contributed by atoms with Gasteiger partial charge in [-0.3, -0.25) is 4.79 Å². The van der Waals surface area contributed by atoms with Crippen LogP contribution >= 0.6 is 0 Å². The lowest BCUT2D eigenvalue weighted by molar-refractivity contribution is -0.113. The number of nitrogens with zero attached hydrogens (tertiary/aromatic N) is 2. The van der Waals surface area contributed by atoms with E-state index >= 15 is 0 Å². The van der Waals surface area contributed by atoms with Crippen LogP contribution in [0.25, 0.3) is 5.70 Å². The molecule has 2 aliphatic heterocycles. The molecule has 0 spiro atoms. The molecule has 5 heteroatoms. The highest BCUT2D eigenvalue weighted by atomic mass is 16.3. The molecule has 0 atom stereocenters. The fraction of sp³-hybridized carbons (Fsp3) is 0.111. The summed E-state index contributed by atoms with van der Waals surface area (Å²) in [6, 6.07) is 13.7. The van der Waals surface area contributed by atoms with E-state index in [9.17, 15) is 4.79 Å². The molecule has 0 bridgehead atoms. The molecule has 1 aromatic carbocycles. The lowest BCUT2D eigenvalue weighted by Crippen LogP contribution is -2.38. The van der Waals surface area contributed by atoms with Crippen LogP contribution in [0.2, 0.25) is 0 Å². The highest BCUT2D eigenvalue weighted by molar-refractivity contribution is 6.41. The first-order valence-corrected chi connectivity index (χ1v) is 7.43. The van der Waals surface area contributed by atoms with Gasteiger partial charge >= 0.3 is 0 Å². The van der Waals surface area contributed by atoms with Crippen molar-refractivity contribution in [3.05, 3.63) is 78.3 Å². The maximum atomic E-state index is 12.3. The molecule has 1 N–H and O–H groups in total. The predicted molar refractivity (Wildman–Crippen MR) is 87.2 cm³/mol. The molecule has 0 unspecified atom stereocenters. The van der Waals surface area contributed by atoms with E-state index in [1.165, 1.54) is 0 Å². The van der Waals surface area contributed by atoms with Gasteiger partial charge in [0, 0.05) is 12.4 Å². The minimum Gasteiger partial charge on any atom is -0.469 e. The number of Topliss-reactive ketones (excluding diaryl/α,β-unsaturated/α-hetero) is 1. The number of aliphatic imine (C=N–C) groups is 1. The Labute approximate surface area is 133 Å². The molecule has 0 amide bonds. The van der Waals surface area contributed by atoms with Crippen molar-refractivity contribution in [3.8, 4) is 0 Å². The summed E-state index contributed by atoms with van der Waals surface area (Å²) in [5, 5.41) is 3.24. The van der Waals surface area contributed by atoms with Gasteiger partial charge < -0.3 is 14.6 Å². The third kappa shape index (κ3) is 2.68. The Morgan fingerprint density at radius 3 is 2.83 bits per heavy atom. The standard InChI is InChI=1S/C18H15N3O2/c22-17-12-21-11-16(13-5-2-1-3-6-13)19-10-18(21)20-15(17)9-14-7-4-8-23-14/h1-8,10-11,19H,9,12H2. The number of carbonyl (C=O) groups excluding carboxylic acids is 1. The van der Waals surface area contributed by atoms with Gasteiger partial charge in [-0.1, -0.05) is 30.3 Å². The Morgan fingerprint density at radius 2 is 2.04 bits per heavy atom. The van der Waals surface area contributed by atoms with Gasteiger partial charge in [0.2, 0.25) is 0 Å². The molecule has 0 saturated carbocycles. The smallest absolute Gasteiger partial charge is 0.197 e. The zero-order chi connectivity index (χ0) is 15.6. The Hall–Kier alpha value is -3.08. The second-order valence-corrected chi connectivity index (χ2v) is 5.42. The SMILES string of the molecule is O=C1CN2C=C(c3ccccc3)NC=C2N=C1Cc1ccco1. The maximum absolute atomic E-state index is 12.3. The Morgan fingerprint density at radius 1 is 1.17 bits per heavy atom. The van der Waals surface area contributed by atoms with Crippen molar-refractivity contribution in [2.45, 2.75) is 6.42 Å². The molecule has 5 nitrogen and oxygen atoms in total. The van der Waals surface area contributed by atoms with E-state index in [0.29, 0.717) is 18.7 Å². The first-order chi connectivity index (χ1) is 11.3. The van der Waals surface area contributed by atoms with E-state index in [-0.39, 0.29) is 5.78 Å². The quantitative estimate of drug-likeness (QED) is 0.947. The Balaban J connectivity index is 1.58. The van der Waals surface area contributed by atoms with Crippen LogP contribution in [0.15, 0.2) is 76.4 Å². The van der Waals surface area contributed by atoms with E-state index < -0.39 is 0 Å². The van der Waals surface area contributed by atoms with Gasteiger partial charge in [0.05, 0.1) is 30.6 Å². The average molecular weight is 305 g/mol. The van der Waals surface area contributed by atoms with Crippen molar-refractivity contribution in [2.75, 3.05) is 6.54 Å². The molecule has 0 aliphatic carbocycles. The Kier molecular flexibility index (Phi) is 3.31. The largest absolute Gasteiger partial charge is 0.469 e. The normalized spacial score (nSPS) is 17.0. The van der Waals surface area contributed by atoms with Crippen molar-refractivity contribution in [2.24, 2.45) is 4.99 Å². The van der Waals surface area contributed by atoms with Crippen LogP contribution < -0.4 is 5.32 Å². The second-order valence-electron chi connectivity index (χ2n) is 5.42. The number of ketones is 1. The van der Waals surface area contributed by atoms with Crippen LogP contribution in [0.3, 0.4) is 0 Å². The molecule has 114 valence electrons. The zero-order valence-electron chi connectivity index (χ0n) is 12.4. The van der Waals surface area contributed by atoms with Gasteiger partial charge in [0.25, 0.3) is 0 Å². The van der Waals surface area contributed by atoms with Crippen molar-refractivity contribution in [3.63, 3.8) is 0 Å². The first-order valence-electron chi connectivity index (χ1n) is 7.43. The molecule has 4 rings (SSSR count). The highest BCUT2D eigenvalue weighted by Crippen LogP contribution is 2.23. The van der Waals surface area contributed by atoms with E-state index in [1.54, 1.807) is 6.26 Å². The molecule has 1 aromatic heterocycles. The van der Waals surface area contributed by atoms with Crippen molar-refractivity contribution in [1.29, 1.82) is 0 Å². The summed E-state index contributed by atoms with van der Waals surface area (Å²) in [4.78, 5) is 18.7. The van der Waals surface area contributed by atoms with Crippen molar-refractivity contribution < 1.29 is 9.21 Å². The van der Waals surface area contributed by atoms with Crippen LogP contribution in [-0.2, 0) is 11.2 Å². The highest BCUT2D eigenvalue weighted by Gasteiger charge is 2.26. The van der Waals surface area contributed by atoms with Gasteiger partial charge in [-0.05, 0) is 17.7 Å². The molecule has 23 heavy (non-hydrogen) atoms. The number of fused-ring (bicyclic) bond motifs is 1. The molecule has 0 fully saturated rings. The summed E-state index contributed by atoms with van der Waals surface area (Å²) in [5.74, 6) is 1.50. The number of nitrogens with one attached hydrogen (secondary N) is 1. The van der Waals surface area contributed by atoms with Crippen LogP contribution in [0.4, 0.5) is 0 Å². The van der Waals surface area contributed by atoms with E-state index in [2.05, 4.69) is 10.3 Å². The monoisotopic (exact) mass is 305 g/mol. The number of benzene rings is 1. The second kappa shape index (κ2) is 5.61. The van der Waals surface area contributed by atoms with Crippen LogP contribution in [0.5, 0.6) is 0 Å². The lowest BCUT2D eigenvalue weighted by Gasteiger charge is -2.29. The summed E-state index contributed by atoms with van der Waals surface area (Å²) >= 11 is 0. The number of furan rings is 1. The van der Waals surface area contributed by atoms with Crippen molar-refractivity contribution in [1.82, 2.24) is 10.2 Å². The third-order valence-corrected chi connectivity index (χ3v) is 3.83. The van der Waals surface area contributed by atoms with Crippen LogP contribution in [0, 0.1) is 0 Å². The van der Waals surface area contributed by atoms with Gasteiger partial charge in [0.1, 0.15) is 11.6 Å². The van der Waals surface area contributed by atoms with Gasteiger partial charge in [-0.2, -0.15) is 0 Å². The lowest BCUT2D eigenvalue weighted by atomic mass is 10.1. The van der Waals surface area contributed by atoms with E-state index in [4.69, 9.17) is 4.42 Å². The summed E-state index contributed by atoms with van der Waals surface area (Å²) < 4.78 is 5.30. The first kappa shape index (κ1) is 13.6. The fourth-order valence-corrected chi connectivity index (χ4v) is 2.65. The number of carbonyl (C=O) groups is 1. The fourth-order valence-electron chi connectivity index (χ4n) is 2.65. The predicted octanol–water partition coefficient (Wildman–Crippen LogP) is 2.55. The molecule has 2 aromatic rings. The summed E-state index contributed by atoms with van der Waals surface area (Å²) in [6.07, 6.45) is 5.78. The Bertz CT molecular complexity index is 817. The molecule has 3 heterocycles. The molecular formula is C18H15N3O2. The minimum atomic E-state index is 0.0177. The van der Waals surface area contributed by atoms with Gasteiger partial charge in [-0.25, -0.2) is 4.99 Å². The minimum absolute atomic E-state index is 0.0177. The van der Waals surface area contributed by atoms with E-state index in [1.807, 2.05) is 59.8 Å². The topological polar surface area (TPSA) is 57.8 Å². The summed E-state index contributed by atoms with van der Waals surface area (Å²) in [7, 11) is 0. The zero-order valence-corrected chi connectivity index (χ0v) is 12.4. The summed E-state index contributed by atoms with van der Waals surface area (Å²) in [6.45, 7) is 0.295. The summed E-state index contributed by atoms with van der Waals surface area (Å²) in [5.41, 5.74) is 2.55. The average Bonchev–Trinajstić information content (AvgIpc) is 3.09. The van der Waals surface area contributed by atoms with Gasteiger partial charge in [-0.15, -0.1) is 0 Å². The van der Waals surface area contributed by atoms with Crippen molar-refractivity contribution >= 4 is 17.2 Å².